The third kappa shape index (κ3) is 4.70. The molecule has 2 atom stereocenters. The molecule has 0 spiro atoms. The van der Waals surface area contributed by atoms with Crippen LogP contribution < -0.4 is 5.32 Å². The van der Waals surface area contributed by atoms with E-state index in [2.05, 4.69) is 55.4 Å². The van der Waals surface area contributed by atoms with Crippen LogP contribution in [0.25, 0.3) is 0 Å². The Morgan fingerprint density at radius 3 is 2.43 bits per heavy atom. The Bertz CT molecular complexity index is 455. The molecule has 1 aliphatic rings. The highest BCUT2D eigenvalue weighted by atomic mass is 32.1. The van der Waals surface area contributed by atoms with E-state index < -0.39 is 0 Å². The number of aryl methyl sites for hydroxylation is 1. The summed E-state index contributed by atoms with van der Waals surface area (Å²) in [5, 5.41) is 4.45. The molecule has 0 saturated heterocycles. The van der Waals surface area contributed by atoms with Crippen molar-refractivity contribution in [3.8, 4) is 0 Å². The van der Waals surface area contributed by atoms with Crippen LogP contribution in [0.5, 0.6) is 0 Å². The van der Waals surface area contributed by atoms with Crippen LogP contribution in [0.15, 0.2) is 24.3 Å². The SMILES string of the molecule is CCc1ccc(CN(C)C(=S)N[C@H]2CCCC[C@@H]2C)cc1. The summed E-state index contributed by atoms with van der Waals surface area (Å²) in [6.45, 7) is 5.39. The second kappa shape index (κ2) is 7.79. The van der Waals surface area contributed by atoms with E-state index in [1.807, 2.05) is 0 Å². The fourth-order valence-corrected chi connectivity index (χ4v) is 3.24. The maximum Gasteiger partial charge on any atom is 0.169 e. The molecular weight excluding hydrogens is 276 g/mol. The monoisotopic (exact) mass is 304 g/mol. The van der Waals surface area contributed by atoms with E-state index in [1.54, 1.807) is 0 Å². The minimum atomic E-state index is 0.552. The first kappa shape index (κ1) is 16.3. The maximum atomic E-state index is 5.57. The second-order valence-electron chi connectivity index (χ2n) is 6.34. The summed E-state index contributed by atoms with van der Waals surface area (Å²) < 4.78 is 0. The lowest BCUT2D eigenvalue weighted by Gasteiger charge is -2.33. The highest BCUT2D eigenvalue weighted by Gasteiger charge is 2.22. The van der Waals surface area contributed by atoms with E-state index in [4.69, 9.17) is 12.2 Å². The minimum Gasteiger partial charge on any atom is -0.360 e. The topological polar surface area (TPSA) is 15.3 Å². The minimum absolute atomic E-state index is 0.552. The number of rotatable bonds is 4. The lowest BCUT2D eigenvalue weighted by molar-refractivity contribution is 0.300. The van der Waals surface area contributed by atoms with Crippen molar-refractivity contribution in [1.29, 1.82) is 0 Å². The summed E-state index contributed by atoms with van der Waals surface area (Å²) >= 11 is 5.57. The summed E-state index contributed by atoms with van der Waals surface area (Å²) in [6.07, 6.45) is 6.36. The van der Waals surface area contributed by atoms with E-state index in [1.165, 1.54) is 36.8 Å². The Hall–Kier alpha value is -1.09. The zero-order chi connectivity index (χ0) is 15.2. The predicted molar refractivity (Wildman–Crippen MR) is 94.4 cm³/mol. The zero-order valence-corrected chi connectivity index (χ0v) is 14.4. The van der Waals surface area contributed by atoms with Gasteiger partial charge in [0.15, 0.2) is 5.11 Å². The van der Waals surface area contributed by atoms with Crippen LogP contribution in [0.4, 0.5) is 0 Å². The van der Waals surface area contributed by atoms with Crippen LogP contribution in [0.3, 0.4) is 0 Å². The Kier molecular flexibility index (Phi) is 6.04. The highest BCUT2D eigenvalue weighted by molar-refractivity contribution is 7.80. The van der Waals surface area contributed by atoms with Crippen LogP contribution in [-0.4, -0.2) is 23.1 Å². The van der Waals surface area contributed by atoms with E-state index in [0.717, 1.165) is 24.0 Å². The molecule has 1 N–H and O–H groups in total. The molecular formula is C18H28N2S. The van der Waals surface area contributed by atoms with Crippen molar-refractivity contribution in [3.05, 3.63) is 35.4 Å². The molecule has 1 aromatic carbocycles. The first-order valence-corrected chi connectivity index (χ1v) is 8.60. The molecule has 116 valence electrons. The molecule has 1 saturated carbocycles. The Morgan fingerprint density at radius 1 is 1.19 bits per heavy atom. The lowest BCUT2D eigenvalue weighted by atomic mass is 9.86. The fraction of sp³-hybridized carbons (Fsp3) is 0.611. The third-order valence-corrected chi connectivity index (χ3v) is 5.05. The summed E-state index contributed by atoms with van der Waals surface area (Å²) in [5.74, 6) is 0.730. The molecule has 2 rings (SSSR count). The fourth-order valence-electron chi connectivity index (χ4n) is 3.03. The summed E-state index contributed by atoms with van der Waals surface area (Å²) in [6, 6.07) is 9.39. The zero-order valence-electron chi connectivity index (χ0n) is 13.6. The average Bonchev–Trinajstić information content (AvgIpc) is 2.50. The number of hydrogen-bond acceptors (Lipinski definition) is 1. The van der Waals surface area contributed by atoms with Crippen LogP contribution >= 0.6 is 12.2 Å². The van der Waals surface area contributed by atoms with Crippen molar-refractivity contribution in [2.75, 3.05) is 7.05 Å². The molecule has 1 fully saturated rings. The van der Waals surface area contributed by atoms with Gasteiger partial charge in [0.2, 0.25) is 0 Å². The summed E-state index contributed by atoms with van der Waals surface area (Å²) in [5.41, 5.74) is 2.70. The third-order valence-electron chi connectivity index (χ3n) is 4.62. The molecule has 0 aromatic heterocycles. The summed E-state index contributed by atoms with van der Waals surface area (Å²) in [4.78, 5) is 2.15. The van der Waals surface area contributed by atoms with Gasteiger partial charge in [-0.05, 0) is 48.5 Å². The molecule has 0 unspecified atom stereocenters. The molecule has 0 heterocycles. The van der Waals surface area contributed by atoms with Crippen LogP contribution in [0, 0.1) is 5.92 Å². The first-order chi connectivity index (χ1) is 10.1. The van der Waals surface area contributed by atoms with Gasteiger partial charge in [-0.25, -0.2) is 0 Å². The molecule has 0 radical (unpaired) electrons. The molecule has 1 aromatic rings. The van der Waals surface area contributed by atoms with Crippen LogP contribution in [0.2, 0.25) is 0 Å². The number of benzene rings is 1. The second-order valence-corrected chi connectivity index (χ2v) is 6.73. The average molecular weight is 305 g/mol. The van der Waals surface area contributed by atoms with Gasteiger partial charge in [-0.2, -0.15) is 0 Å². The van der Waals surface area contributed by atoms with Crippen molar-refractivity contribution >= 4 is 17.3 Å². The molecule has 0 bridgehead atoms. The van der Waals surface area contributed by atoms with E-state index in [-0.39, 0.29) is 0 Å². The quantitative estimate of drug-likeness (QED) is 0.842. The Labute approximate surface area is 134 Å². The van der Waals surface area contributed by atoms with Crippen molar-refractivity contribution in [2.45, 2.75) is 58.5 Å². The van der Waals surface area contributed by atoms with Gasteiger partial charge in [-0.15, -0.1) is 0 Å². The Balaban J connectivity index is 1.86. The smallest absolute Gasteiger partial charge is 0.169 e. The van der Waals surface area contributed by atoms with Crippen molar-refractivity contribution < 1.29 is 0 Å². The van der Waals surface area contributed by atoms with Gasteiger partial charge < -0.3 is 10.2 Å². The van der Waals surface area contributed by atoms with Gasteiger partial charge in [-0.1, -0.05) is 51.0 Å². The van der Waals surface area contributed by atoms with Crippen LogP contribution in [0.1, 0.15) is 50.7 Å². The first-order valence-electron chi connectivity index (χ1n) is 8.19. The van der Waals surface area contributed by atoms with Gasteiger partial charge in [0, 0.05) is 19.6 Å². The number of nitrogens with zero attached hydrogens (tertiary/aromatic N) is 1. The maximum absolute atomic E-state index is 5.57. The standard InChI is InChI=1S/C18H28N2S/c1-4-15-9-11-16(12-10-15)13-20(3)18(21)19-17-8-6-5-7-14(17)2/h9-12,14,17H,4-8,13H2,1-3H3,(H,19,21)/t14-,17-/m0/s1. The van der Waals surface area contributed by atoms with Crippen molar-refractivity contribution in [2.24, 2.45) is 5.92 Å². The number of hydrogen-bond donors (Lipinski definition) is 1. The van der Waals surface area contributed by atoms with Gasteiger partial charge in [-0.3, -0.25) is 0 Å². The van der Waals surface area contributed by atoms with Gasteiger partial charge in [0.1, 0.15) is 0 Å². The Morgan fingerprint density at radius 2 is 1.81 bits per heavy atom. The predicted octanol–water partition coefficient (Wildman–Crippen LogP) is 4.13. The van der Waals surface area contributed by atoms with E-state index >= 15 is 0 Å². The van der Waals surface area contributed by atoms with Gasteiger partial charge in [0.05, 0.1) is 0 Å². The molecule has 1 aliphatic carbocycles. The molecule has 0 amide bonds. The number of thiocarbonyl (C=S) groups is 1. The lowest BCUT2D eigenvalue weighted by Crippen LogP contribution is -2.46. The van der Waals surface area contributed by atoms with E-state index in [9.17, 15) is 0 Å². The highest BCUT2D eigenvalue weighted by Crippen LogP contribution is 2.23. The molecule has 21 heavy (non-hydrogen) atoms. The van der Waals surface area contributed by atoms with Crippen molar-refractivity contribution in [3.63, 3.8) is 0 Å². The number of nitrogens with one attached hydrogen (secondary N) is 1. The molecule has 0 aliphatic heterocycles. The van der Waals surface area contributed by atoms with E-state index in [0.29, 0.717) is 6.04 Å². The van der Waals surface area contributed by atoms with Gasteiger partial charge in [0.25, 0.3) is 0 Å². The molecule has 3 heteroatoms. The molecule has 2 nitrogen and oxygen atoms in total. The van der Waals surface area contributed by atoms with Gasteiger partial charge >= 0.3 is 0 Å². The van der Waals surface area contributed by atoms with Crippen molar-refractivity contribution in [1.82, 2.24) is 10.2 Å². The normalized spacial score (nSPS) is 21.9. The largest absolute Gasteiger partial charge is 0.360 e. The van der Waals surface area contributed by atoms with Crippen LogP contribution in [-0.2, 0) is 13.0 Å². The summed E-state index contributed by atoms with van der Waals surface area (Å²) in [7, 11) is 2.08.